The molecule has 0 saturated carbocycles. The molecule has 3 heterocycles. The largest absolute Gasteiger partial charge is 0.354 e. The van der Waals surface area contributed by atoms with E-state index < -0.39 is 0 Å². The molecule has 2 aromatic heterocycles. The summed E-state index contributed by atoms with van der Waals surface area (Å²) in [4.78, 5) is 14.4. The number of piperidine rings is 1. The number of aromatic nitrogens is 2. The number of nitrogens with zero attached hydrogens (tertiary/aromatic N) is 4. The first kappa shape index (κ1) is 16.4. The lowest BCUT2D eigenvalue weighted by Gasteiger charge is -2.32. The van der Waals surface area contributed by atoms with Crippen LogP contribution in [0.2, 0.25) is 0 Å². The molecule has 0 bridgehead atoms. The number of nitrogens with one attached hydrogen (secondary N) is 1. The molecule has 0 radical (unpaired) electrons. The number of pyridine rings is 1. The van der Waals surface area contributed by atoms with E-state index in [1.165, 1.54) is 23.3 Å². The van der Waals surface area contributed by atoms with Crippen LogP contribution < -0.4 is 10.2 Å². The molecule has 124 valence electrons. The van der Waals surface area contributed by atoms with E-state index in [0.29, 0.717) is 6.04 Å². The van der Waals surface area contributed by atoms with Crippen LogP contribution in [-0.4, -0.2) is 48.1 Å². The average molecular weight is 331 g/mol. The fourth-order valence-electron chi connectivity index (χ4n) is 2.87. The highest BCUT2D eigenvalue weighted by atomic mass is 32.1. The first-order chi connectivity index (χ1) is 11.2. The smallest absolute Gasteiger partial charge is 0.185 e. The molecule has 1 N–H and O–H groups in total. The highest BCUT2D eigenvalue weighted by Gasteiger charge is 2.19. The Hall–Kier alpha value is -1.50. The Balaban J connectivity index is 1.40. The van der Waals surface area contributed by atoms with Gasteiger partial charge in [-0.1, -0.05) is 0 Å². The maximum absolute atomic E-state index is 4.43. The third-order valence-electron chi connectivity index (χ3n) is 4.23. The van der Waals surface area contributed by atoms with Crippen molar-refractivity contribution in [3.8, 4) is 0 Å². The normalized spacial score (nSPS) is 16.6. The summed E-state index contributed by atoms with van der Waals surface area (Å²) in [6.45, 7) is 4.29. The van der Waals surface area contributed by atoms with Crippen LogP contribution in [0.4, 0.5) is 5.13 Å². The van der Waals surface area contributed by atoms with Crippen molar-refractivity contribution in [2.75, 3.05) is 32.1 Å². The predicted molar refractivity (Wildman–Crippen MR) is 95.8 cm³/mol. The third kappa shape index (κ3) is 4.73. The first-order valence-corrected chi connectivity index (χ1v) is 8.99. The number of likely N-dealkylation sites (tertiary alicyclic amines) is 1. The van der Waals surface area contributed by atoms with E-state index in [9.17, 15) is 0 Å². The summed E-state index contributed by atoms with van der Waals surface area (Å²) in [7, 11) is 4.07. The van der Waals surface area contributed by atoms with Gasteiger partial charge < -0.3 is 10.2 Å². The minimum atomic E-state index is 0.619. The summed E-state index contributed by atoms with van der Waals surface area (Å²) in [6, 6.07) is 4.83. The highest BCUT2D eigenvalue weighted by Crippen LogP contribution is 2.21. The zero-order chi connectivity index (χ0) is 16.1. The molecule has 1 aliphatic rings. The molecule has 0 amide bonds. The molecule has 0 aliphatic carbocycles. The number of hydrogen-bond acceptors (Lipinski definition) is 6. The standard InChI is InChI=1S/C17H25N5S/c1-21(2)17-20-12-16(23-17)11-19-15-5-9-22(10-6-15)13-14-3-7-18-8-4-14/h3-4,7-8,12,15,19H,5-6,9-11,13H2,1-2H3. The van der Waals surface area contributed by atoms with Crippen LogP contribution in [0.25, 0.3) is 0 Å². The van der Waals surface area contributed by atoms with Crippen molar-refractivity contribution in [2.24, 2.45) is 0 Å². The number of rotatable bonds is 6. The maximum Gasteiger partial charge on any atom is 0.185 e. The monoisotopic (exact) mass is 331 g/mol. The van der Waals surface area contributed by atoms with Gasteiger partial charge in [0.05, 0.1) is 0 Å². The fraction of sp³-hybridized carbons (Fsp3) is 0.529. The van der Waals surface area contributed by atoms with Gasteiger partial charge in [-0.15, -0.1) is 11.3 Å². The van der Waals surface area contributed by atoms with Crippen molar-refractivity contribution < 1.29 is 0 Å². The predicted octanol–water partition coefficient (Wildman–Crippen LogP) is 2.36. The van der Waals surface area contributed by atoms with Crippen molar-refractivity contribution in [3.63, 3.8) is 0 Å². The molecule has 0 spiro atoms. The van der Waals surface area contributed by atoms with Gasteiger partial charge in [-0.25, -0.2) is 4.98 Å². The van der Waals surface area contributed by atoms with Gasteiger partial charge in [0, 0.05) is 56.7 Å². The first-order valence-electron chi connectivity index (χ1n) is 8.17. The topological polar surface area (TPSA) is 44.3 Å². The Morgan fingerprint density at radius 2 is 2.00 bits per heavy atom. The fourth-order valence-corrected chi connectivity index (χ4v) is 3.66. The second kappa shape index (κ2) is 7.86. The maximum atomic E-state index is 4.43. The number of hydrogen-bond donors (Lipinski definition) is 1. The lowest BCUT2D eigenvalue weighted by molar-refractivity contribution is 0.190. The molecule has 3 rings (SSSR count). The SMILES string of the molecule is CN(C)c1ncc(CNC2CCN(Cc3ccncc3)CC2)s1. The summed E-state index contributed by atoms with van der Waals surface area (Å²) < 4.78 is 0. The number of anilines is 1. The van der Waals surface area contributed by atoms with Crippen LogP contribution in [0.1, 0.15) is 23.3 Å². The summed E-state index contributed by atoms with van der Waals surface area (Å²) in [5, 5.41) is 4.77. The van der Waals surface area contributed by atoms with E-state index in [0.717, 1.165) is 31.3 Å². The molecule has 1 fully saturated rings. The molecule has 5 nitrogen and oxygen atoms in total. The Labute approximate surface area is 142 Å². The van der Waals surface area contributed by atoms with E-state index in [-0.39, 0.29) is 0 Å². The minimum absolute atomic E-state index is 0.619. The number of thiazole rings is 1. The van der Waals surface area contributed by atoms with Gasteiger partial charge in [0.1, 0.15) is 0 Å². The molecule has 0 atom stereocenters. The van der Waals surface area contributed by atoms with Gasteiger partial charge in [-0.3, -0.25) is 9.88 Å². The lowest BCUT2D eigenvalue weighted by Crippen LogP contribution is -2.41. The Morgan fingerprint density at radius 3 is 2.65 bits per heavy atom. The lowest BCUT2D eigenvalue weighted by atomic mass is 10.0. The van der Waals surface area contributed by atoms with Crippen LogP contribution in [-0.2, 0) is 13.1 Å². The molecule has 6 heteroatoms. The van der Waals surface area contributed by atoms with Gasteiger partial charge in [-0.05, 0) is 43.6 Å². The average Bonchev–Trinajstić information content (AvgIpc) is 3.04. The van der Waals surface area contributed by atoms with Gasteiger partial charge in [0.2, 0.25) is 0 Å². The Kier molecular flexibility index (Phi) is 5.59. The molecule has 2 aromatic rings. The molecule has 1 aliphatic heterocycles. The van der Waals surface area contributed by atoms with Gasteiger partial charge in [-0.2, -0.15) is 0 Å². The zero-order valence-corrected chi connectivity index (χ0v) is 14.7. The van der Waals surface area contributed by atoms with Crippen LogP contribution in [0.15, 0.2) is 30.7 Å². The summed E-state index contributed by atoms with van der Waals surface area (Å²) in [6.07, 6.45) is 8.17. The van der Waals surface area contributed by atoms with Crippen molar-refractivity contribution >= 4 is 16.5 Å². The molecule has 23 heavy (non-hydrogen) atoms. The van der Waals surface area contributed by atoms with Crippen molar-refractivity contribution in [2.45, 2.75) is 32.0 Å². The quantitative estimate of drug-likeness (QED) is 0.880. The highest BCUT2D eigenvalue weighted by molar-refractivity contribution is 7.15. The van der Waals surface area contributed by atoms with Gasteiger partial charge in [0.15, 0.2) is 5.13 Å². The second-order valence-electron chi connectivity index (χ2n) is 6.29. The van der Waals surface area contributed by atoms with Crippen LogP contribution >= 0.6 is 11.3 Å². The second-order valence-corrected chi connectivity index (χ2v) is 7.38. The third-order valence-corrected chi connectivity index (χ3v) is 5.40. The van der Waals surface area contributed by atoms with E-state index in [1.54, 1.807) is 11.3 Å². The van der Waals surface area contributed by atoms with Crippen molar-refractivity contribution in [1.29, 1.82) is 0 Å². The van der Waals surface area contributed by atoms with Crippen molar-refractivity contribution in [3.05, 3.63) is 41.2 Å². The van der Waals surface area contributed by atoms with Crippen molar-refractivity contribution in [1.82, 2.24) is 20.2 Å². The summed E-state index contributed by atoms with van der Waals surface area (Å²) in [5.41, 5.74) is 1.35. The minimum Gasteiger partial charge on any atom is -0.354 e. The van der Waals surface area contributed by atoms with E-state index in [4.69, 9.17) is 0 Å². The van der Waals surface area contributed by atoms with Crippen LogP contribution in [0.3, 0.4) is 0 Å². The van der Waals surface area contributed by atoms with E-state index in [1.807, 2.05) is 32.7 Å². The molecular weight excluding hydrogens is 306 g/mol. The zero-order valence-electron chi connectivity index (χ0n) is 13.9. The van der Waals surface area contributed by atoms with Gasteiger partial charge in [0.25, 0.3) is 0 Å². The molecule has 0 aromatic carbocycles. The van der Waals surface area contributed by atoms with Crippen LogP contribution in [0.5, 0.6) is 0 Å². The summed E-state index contributed by atoms with van der Waals surface area (Å²) in [5.74, 6) is 0. The van der Waals surface area contributed by atoms with E-state index in [2.05, 4.69) is 37.2 Å². The van der Waals surface area contributed by atoms with Crippen LogP contribution in [0, 0.1) is 0 Å². The van der Waals surface area contributed by atoms with Gasteiger partial charge >= 0.3 is 0 Å². The molecule has 1 saturated heterocycles. The molecular formula is C17H25N5S. The Morgan fingerprint density at radius 1 is 1.26 bits per heavy atom. The molecule has 0 unspecified atom stereocenters. The van der Waals surface area contributed by atoms with E-state index >= 15 is 0 Å². The summed E-state index contributed by atoms with van der Waals surface area (Å²) >= 11 is 1.77. The Bertz CT molecular complexity index is 590.